The van der Waals surface area contributed by atoms with Crippen LogP contribution in [0.15, 0.2) is 315 Å². The van der Waals surface area contributed by atoms with E-state index in [0.717, 1.165) is 111 Å². The molecule has 6 heterocycles. The number of hydrogen-bond donors (Lipinski definition) is 0. The van der Waals surface area contributed by atoms with Gasteiger partial charge in [-0.05, 0) is 102 Å². The van der Waals surface area contributed by atoms with E-state index in [0.29, 0.717) is 17.5 Å². The number of thiophene rings is 2. The van der Waals surface area contributed by atoms with Gasteiger partial charge in [-0.2, -0.15) is 0 Å². The predicted octanol–water partition coefficient (Wildman–Crippen LogP) is 23.9. The monoisotopic (exact) mass is 1240 g/mol. The van der Waals surface area contributed by atoms with Gasteiger partial charge in [0.1, 0.15) is 0 Å². The molecular formula is C87H52N6S2. The maximum atomic E-state index is 5.61. The maximum Gasteiger partial charge on any atom is 0.164 e. The summed E-state index contributed by atoms with van der Waals surface area (Å²) in [4.78, 5) is 16.7. The highest BCUT2D eigenvalue weighted by Crippen LogP contribution is 2.48. The molecule has 0 aliphatic carbocycles. The van der Waals surface area contributed by atoms with E-state index in [4.69, 9.17) is 15.0 Å². The van der Waals surface area contributed by atoms with Crippen molar-refractivity contribution < 1.29 is 0 Å². The van der Waals surface area contributed by atoms with Crippen molar-refractivity contribution in [1.29, 1.82) is 0 Å². The fraction of sp³-hybridized carbons (Fsp3) is 0. The Kier molecular flexibility index (Phi) is 12.0. The molecule has 442 valence electrons. The van der Waals surface area contributed by atoms with Gasteiger partial charge < -0.3 is 13.7 Å². The van der Waals surface area contributed by atoms with Gasteiger partial charge in [-0.15, -0.1) is 22.7 Å². The second kappa shape index (κ2) is 21.2. The first-order valence-corrected chi connectivity index (χ1v) is 33.8. The highest BCUT2D eigenvalue weighted by Gasteiger charge is 2.27. The number of nitrogens with zero attached hydrogens (tertiary/aromatic N) is 6. The Morgan fingerprint density at radius 1 is 0.211 bits per heavy atom. The molecule has 0 amide bonds. The Labute approximate surface area is 553 Å². The molecule has 0 saturated heterocycles. The van der Waals surface area contributed by atoms with Gasteiger partial charge in [0.15, 0.2) is 17.5 Å². The van der Waals surface area contributed by atoms with Crippen molar-refractivity contribution in [1.82, 2.24) is 28.7 Å². The number of rotatable bonds is 9. The van der Waals surface area contributed by atoms with E-state index in [2.05, 4.69) is 329 Å². The molecule has 0 saturated carbocycles. The van der Waals surface area contributed by atoms with Crippen molar-refractivity contribution in [2.75, 3.05) is 0 Å². The Hall–Kier alpha value is -12.1. The maximum absolute atomic E-state index is 5.61. The van der Waals surface area contributed by atoms with Crippen LogP contribution < -0.4 is 0 Å². The molecule has 0 aliphatic rings. The van der Waals surface area contributed by atoms with Crippen LogP contribution in [-0.2, 0) is 0 Å². The standard InChI is InChI=1S/C87H52N6S2/c1-4-22-53(23-5-1)69-51-72-64-45-42-59(91-73-34-16-10-28-60(73)61-29-11-17-35-74(61)91)50-77(64)93(79(72)52-78(69)92-75-36-18-12-30-62(75)63-31-13-19-37-76(63)92)84-70(54-24-6-2-7-25-54)46-58(47-71(84)55-26-8-3-9-27-55)87-89-85(56-40-43-67-65-32-14-20-38-80(65)94-82(67)48-56)88-86(90-87)57-41-44-68-66-33-15-21-39-81(66)95-83(68)49-57/h1-52H. The van der Waals surface area contributed by atoms with Crippen molar-refractivity contribution >= 4 is 128 Å². The summed E-state index contributed by atoms with van der Waals surface area (Å²) in [6.07, 6.45) is 0. The minimum atomic E-state index is 0.579. The number of para-hydroxylation sites is 4. The lowest BCUT2D eigenvalue weighted by Gasteiger charge is -2.22. The Bertz CT molecular complexity index is 6230. The Morgan fingerprint density at radius 3 is 1.06 bits per heavy atom. The van der Waals surface area contributed by atoms with Crippen LogP contribution in [0, 0.1) is 0 Å². The summed E-state index contributed by atoms with van der Waals surface area (Å²) in [5.41, 5.74) is 19.1. The van der Waals surface area contributed by atoms with E-state index < -0.39 is 0 Å². The first-order valence-electron chi connectivity index (χ1n) is 32.1. The molecule has 0 aliphatic heterocycles. The molecule has 0 radical (unpaired) electrons. The van der Waals surface area contributed by atoms with Crippen LogP contribution in [-0.4, -0.2) is 28.7 Å². The zero-order chi connectivity index (χ0) is 62.2. The molecule has 20 rings (SSSR count). The largest absolute Gasteiger partial charge is 0.309 e. The normalized spacial score (nSPS) is 12.0. The third kappa shape index (κ3) is 8.45. The van der Waals surface area contributed by atoms with Crippen LogP contribution in [0.25, 0.3) is 190 Å². The van der Waals surface area contributed by atoms with Crippen molar-refractivity contribution in [3.63, 3.8) is 0 Å². The first-order chi connectivity index (χ1) is 47.1. The molecule has 14 aromatic carbocycles. The average molecular weight is 1250 g/mol. The van der Waals surface area contributed by atoms with Crippen molar-refractivity contribution in [2.24, 2.45) is 0 Å². The van der Waals surface area contributed by atoms with Crippen molar-refractivity contribution in [2.45, 2.75) is 0 Å². The molecule has 0 atom stereocenters. The molecule has 0 fully saturated rings. The zero-order valence-electron chi connectivity index (χ0n) is 51.0. The topological polar surface area (TPSA) is 53.5 Å². The van der Waals surface area contributed by atoms with Crippen molar-refractivity contribution in [3.05, 3.63) is 315 Å². The van der Waals surface area contributed by atoms with Gasteiger partial charge in [0, 0.05) is 112 Å². The van der Waals surface area contributed by atoms with Gasteiger partial charge in [-0.3, -0.25) is 0 Å². The van der Waals surface area contributed by atoms with E-state index in [1.807, 2.05) is 0 Å². The number of aromatic nitrogens is 6. The van der Waals surface area contributed by atoms with Gasteiger partial charge in [0.2, 0.25) is 0 Å². The fourth-order valence-electron chi connectivity index (χ4n) is 15.0. The van der Waals surface area contributed by atoms with Gasteiger partial charge in [-0.1, -0.05) is 231 Å². The van der Waals surface area contributed by atoms with Crippen LogP contribution in [0.1, 0.15) is 0 Å². The summed E-state index contributed by atoms with van der Waals surface area (Å²) in [5.74, 6) is 1.80. The van der Waals surface area contributed by atoms with Crippen LogP contribution in [0.4, 0.5) is 0 Å². The molecule has 95 heavy (non-hydrogen) atoms. The Balaban J connectivity index is 0.911. The minimum absolute atomic E-state index is 0.579. The Morgan fingerprint density at radius 2 is 0.579 bits per heavy atom. The average Bonchev–Trinajstić information content (AvgIpc) is 1.52. The minimum Gasteiger partial charge on any atom is -0.309 e. The molecule has 0 unspecified atom stereocenters. The first kappa shape index (κ1) is 53.6. The van der Waals surface area contributed by atoms with Gasteiger partial charge in [0.25, 0.3) is 0 Å². The molecule has 0 N–H and O–H groups in total. The SMILES string of the molecule is c1ccc(-c2cc3c4ccc(-n5c6ccccc6c6ccccc65)cc4n(-c4c(-c5ccccc5)cc(-c5nc(-c6ccc7c(c6)sc6ccccc67)nc(-c6ccc7c(c6)sc6ccccc67)n5)cc4-c4ccccc4)c3cc2-n2c3ccccc3c3ccccc32)cc1. The summed E-state index contributed by atoms with van der Waals surface area (Å²) < 4.78 is 12.4. The molecule has 20 aromatic rings. The third-order valence-corrected chi connectivity index (χ3v) is 21.5. The smallest absolute Gasteiger partial charge is 0.164 e. The predicted molar refractivity (Wildman–Crippen MR) is 401 cm³/mol. The quantitative estimate of drug-likeness (QED) is 0.145. The molecule has 0 bridgehead atoms. The van der Waals surface area contributed by atoms with E-state index in [1.54, 1.807) is 22.7 Å². The lowest BCUT2D eigenvalue weighted by molar-refractivity contribution is 1.07. The zero-order valence-corrected chi connectivity index (χ0v) is 52.7. The van der Waals surface area contributed by atoms with Crippen molar-refractivity contribution in [3.8, 4) is 84.6 Å². The van der Waals surface area contributed by atoms with E-state index >= 15 is 0 Å². The lowest BCUT2D eigenvalue weighted by Crippen LogP contribution is -2.05. The van der Waals surface area contributed by atoms with Crippen LogP contribution >= 0.6 is 22.7 Å². The summed E-state index contributed by atoms with van der Waals surface area (Å²) in [6.45, 7) is 0. The second-order valence-corrected chi connectivity index (χ2v) is 26.8. The number of hydrogen-bond acceptors (Lipinski definition) is 5. The fourth-order valence-corrected chi connectivity index (χ4v) is 17.3. The van der Waals surface area contributed by atoms with Gasteiger partial charge in [0.05, 0.1) is 44.5 Å². The highest BCUT2D eigenvalue weighted by atomic mass is 32.1. The van der Waals surface area contributed by atoms with Crippen LogP contribution in [0.3, 0.4) is 0 Å². The highest BCUT2D eigenvalue weighted by molar-refractivity contribution is 7.26. The summed E-state index contributed by atoms with van der Waals surface area (Å²) in [6, 6.07) is 115. The number of benzene rings is 14. The van der Waals surface area contributed by atoms with Crippen LogP contribution in [0.2, 0.25) is 0 Å². The molecule has 6 aromatic heterocycles. The number of fused-ring (bicyclic) bond motifs is 15. The third-order valence-electron chi connectivity index (χ3n) is 19.3. The van der Waals surface area contributed by atoms with E-state index in [-0.39, 0.29) is 0 Å². The van der Waals surface area contributed by atoms with E-state index in [1.165, 1.54) is 61.9 Å². The van der Waals surface area contributed by atoms with Crippen LogP contribution in [0.5, 0.6) is 0 Å². The molecular weight excluding hydrogens is 1190 g/mol. The molecule has 6 nitrogen and oxygen atoms in total. The summed E-state index contributed by atoms with van der Waals surface area (Å²) in [5, 5.41) is 12.1. The summed E-state index contributed by atoms with van der Waals surface area (Å²) in [7, 11) is 0. The summed E-state index contributed by atoms with van der Waals surface area (Å²) >= 11 is 3.60. The van der Waals surface area contributed by atoms with Gasteiger partial charge in [-0.25, -0.2) is 15.0 Å². The molecule has 8 heteroatoms. The molecule has 0 spiro atoms. The van der Waals surface area contributed by atoms with E-state index in [9.17, 15) is 0 Å². The van der Waals surface area contributed by atoms with Gasteiger partial charge >= 0.3 is 0 Å². The lowest BCUT2D eigenvalue weighted by atomic mass is 9.92. The second-order valence-electron chi connectivity index (χ2n) is 24.6.